The minimum absolute atomic E-state index is 0.210. The Morgan fingerprint density at radius 2 is 2.19 bits per heavy atom. The van der Waals surface area contributed by atoms with E-state index in [9.17, 15) is 10.1 Å². The molecule has 0 unspecified atom stereocenters. The Morgan fingerprint density at radius 3 is 2.94 bits per heavy atom. The second-order valence-electron chi connectivity index (χ2n) is 4.34. The van der Waals surface area contributed by atoms with Gasteiger partial charge in [-0.25, -0.2) is 0 Å². The van der Waals surface area contributed by atoms with Crippen molar-refractivity contribution in [3.05, 3.63) is 39.6 Å². The van der Waals surface area contributed by atoms with Gasteiger partial charge < -0.3 is 4.57 Å². The number of non-ortho nitro benzene ring substituents is 1. The lowest BCUT2D eigenvalue weighted by Crippen LogP contribution is -2.08. The van der Waals surface area contributed by atoms with Crippen molar-refractivity contribution in [2.24, 2.45) is 0 Å². The van der Waals surface area contributed by atoms with E-state index in [-0.39, 0.29) is 10.6 Å². The topological polar surface area (TPSA) is 48.1 Å². The third-order valence-electron chi connectivity index (χ3n) is 3.30. The summed E-state index contributed by atoms with van der Waals surface area (Å²) in [6.07, 6.45) is 2.01. The van der Waals surface area contributed by atoms with E-state index in [4.69, 9.17) is 0 Å². The van der Waals surface area contributed by atoms with Gasteiger partial charge in [-0.3, -0.25) is 10.1 Å². The van der Waals surface area contributed by atoms with Crippen molar-refractivity contribution in [3.8, 4) is 0 Å². The molecule has 0 fully saturated rings. The Kier molecular flexibility index (Phi) is 1.80. The molecule has 0 bridgehead atoms. The van der Waals surface area contributed by atoms with Gasteiger partial charge in [0.2, 0.25) is 0 Å². The van der Waals surface area contributed by atoms with Gasteiger partial charge in [0, 0.05) is 29.8 Å². The molecule has 0 N–H and O–H groups in total. The third-order valence-corrected chi connectivity index (χ3v) is 3.30. The summed E-state index contributed by atoms with van der Waals surface area (Å²) in [7, 11) is 0. The molecule has 4 heteroatoms. The van der Waals surface area contributed by atoms with Crippen LogP contribution in [-0.4, -0.2) is 9.49 Å². The van der Waals surface area contributed by atoms with Gasteiger partial charge >= 0.3 is 0 Å². The van der Waals surface area contributed by atoms with Crippen LogP contribution in [0.2, 0.25) is 0 Å². The summed E-state index contributed by atoms with van der Waals surface area (Å²) in [6.45, 7) is 3.08. The largest absolute Gasteiger partial charge is 0.345 e. The van der Waals surface area contributed by atoms with Crippen molar-refractivity contribution in [1.82, 2.24) is 4.57 Å². The van der Waals surface area contributed by atoms with Crippen LogP contribution in [0.15, 0.2) is 18.2 Å². The standard InChI is InChI=1S/C12H12N2O2/c1-8-5-10-7-11(14(15)16)6-9-3-2-4-13(8)12(9)10/h5-7H,2-4H2,1H3. The summed E-state index contributed by atoms with van der Waals surface area (Å²) < 4.78 is 2.26. The molecule has 0 saturated carbocycles. The first-order valence-corrected chi connectivity index (χ1v) is 5.44. The highest BCUT2D eigenvalue weighted by Crippen LogP contribution is 2.32. The number of aryl methyl sites for hydroxylation is 3. The van der Waals surface area contributed by atoms with Gasteiger partial charge in [-0.15, -0.1) is 0 Å². The van der Waals surface area contributed by atoms with Crippen LogP contribution in [0.3, 0.4) is 0 Å². The minimum Gasteiger partial charge on any atom is -0.345 e. The van der Waals surface area contributed by atoms with Crippen molar-refractivity contribution in [3.63, 3.8) is 0 Å². The summed E-state index contributed by atoms with van der Waals surface area (Å²) in [6, 6.07) is 5.43. The molecule has 1 aromatic carbocycles. The fraction of sp³-hybridized carbons (Fsp3) is 0.333. The fourth-order valence-electron chi connectivity index (χ4n) is 2.63. The van der Waals surface area contributed by atoms with Gasteiger partial charge in [-0.1, -0.05) is 0 Å². The molecule has 1 aliphatic rings. The van der Waals surface area contributed by atoms with Gasteiger partial charge in [0.1, 0.15) is 0 Å². The van der Waals surface area contributed by atoms with Gasteiger partial charge in [-0.2, -0.15) is 0 Å². The van der Waals surface area contributed by atoms with Crippen LogP contribution in [-0.2, 0) is 13.0 Å². The molecule has 0 amide bonds. The highest BCUT2D eigenvalue weighted by molar-refractivity contribution is 5.87. The normalized spacial score (nSPS) is 14.3. The van der Waals surface area contributed by atoms with E-state index >= 15 is 0 Å². The molecule has 1 aliphatic heterocycles. The average molecular weight is 216 g/mol. The van der Waals surface area contributed by atoms with Crippen LogP contribution < -0.4 is 0 Å². The second kappa shape index (κ2) is 3.07. The van der Waals surface area contributed by atoms with E-state index in [1.807, 2.05) is 6.07 Å². The molecule has 3 rings (SSSR count). The summed E-state index contributed by atoms with van der Waals surface area (Å²) in [5, 5.41) is 11.8. The molecule has 82 valence electrons. The third kappa shape index (κ3) is 1.16. The Balaban J connectivity index is 2.39. The first-order valence-electron chi connectivity index (χ1n) is 5.44. The summed E-state index contributed by atoms with van der Waals surface area (Å²) in [5.74, 6) is 0. The maximum Gasteiger partial charge on any atom is 0.270 e. The number of nitro benzene ring substituents is 1. The lowest BCUT2D eigenvalue weighted by atomic mass is 10.0. The molecule has 16 heavy (non-hydrogen) atoms. The van der Waals surface area contributed by atoms with Crippen LogP contribution in [0.25, 0.3) is 10.9 Å². The SMILES string of the molecule is Cc1cc2cc([N+](=O)[O-])cc3c2n1CCC3. The molecule has 0 radical (unpaired) electrons. The lowest BCUT2D eigenvalue weighted by molar-refractivity contribution is -0.384. The van der Waals surface area contributed by atoms with E-state index in [1.54, 1.807) is 12.1 Å². The highest BCUT2D eigenvalue weighted by Gasteiger charge is 2.18. The van der Waals surface area contributed by atoms with E-state index in [0.29, 0.717) is 0 Å². The van der Waals surface area contributed by atoms with Crippen molar-refractivity contribution in [1.29, 1.82) is 0 Å². The van der Waals surface area contributed by atoms with Crippen molar-refractivity contribution >= 4 is 16.6 Å². The molecular weight excluding hydrogens is 204 g/mol. The number of aromatic nitrogens is 1. The van der Waals surface area contributed by atoms with Gasteiger partial charge in [0.15, 0.2) is 0 Å². The summed E-state index contributed by atoms with van der Waals surface area (Å²) in [4.78, 5) is 10.5. The van der Waals surface area contributed by atoms with Crippen molar-refractivity contribution in [2.45, 2.75) is 26.3 Å². The molecule has 2 aromatic rings. The fourth-order valence-corrected chi connectivity index (χ4v) is 2.63. The van der Waals surface area contributed by atoms with Crippen LogP contribution in [0, 0.1) is 17.0 Å². The second-order valence-corrected chi connectivity index (χ2v) is 4.34. The Morgan fingerprint density at radius 1 is 1.38 bits per heavy atom. The predicted octanol–water partition coefficient (Wildman–Crippen LogP) is 2.80. The first-order chi connectivity index (χ1) is 7.66. The first kappa shape index (κ1) is 9.39. The van der Waals surface area contributed by atoms with Gasteiger partial charge in [0.05, 0.1) is 10.4 Å². The maximum atomic E-state index is 10.8. The molecular formula is C12H12N2O2. The number of hydrogen-bond acceptors (Lipinski definition) is 2. The molecule has 0 atom stereocenters. The number of nitrogens with zero attached hydrogens (tertiary/aromatic N) is 2. The molecule has 4 nitrogen and oxygen atoms in total. The van der Waals surface area contributed by atoms with Gasteiger partial charge in [0.25, 0.3) is 5.69 Å². The minimum atomic E-state index is -0.308. The number of nitro groups is 1. The average Bonchev–Trinajstić information content (AvgIpc) is 2.58. The number of benzene rings is 1. The van der Waals surface area contributed by atoms with Crippen molar-refractivity contribution < 1.29 is 4.92 Å². The van der Waals surface area contributed by atoms with Crippen LogP contribution >= 0.6 is 0 Å². The smallest absolute Gasteiger partial charge is 0.270 e. The highest BCUT2D eigenvalue weighted by atomic mass is 16.6. The quantitative estimate of drug-likeness (QED) is 0.543. The zero-order valence-corrected chi connectivity index (χ0v) is 9.06. The number of rotatable bonds is 1. The van der Waals surface area contributed by atoms with E-state index < -0.39 is 0 Å². The molecule has 0 spiro atoms. The summed E-state index contributed by atoms with van der Waals surface area (Å²) >= 11 is 0. The molecule has 0 aliphatic carbocycles. The zero-order chi connectivity index (χ0) is 11.3. The van der Waals surface area contributed by atoms with Crippen LogP contribution in [0.4, 0.5) is 5.69 Å². The van der Waals surface area contributed by atoms with E-state index in [0.717, 1.165) is 30.3 Å². The van der Waals surface area contributed by atoms with Crippen LogP contribution in [0.5, 0.6) is 0 Å². The number of hydrogen-bond donors (Lipinski definition) is 0. The molecule has 1 aromatic heterocycles. The molecule has 0 saturated heterocycles. The predicted molar refractivity (Wildman–Crippen MR) is 61.7 cm³/mol. The lowest BCUT2D eigenvalue weighted by Gasteiger charge is -2.16. The maximum absolute atomic E-state index is 10.8. The Labute approximate surface area is 92.6 Å². The monoisotopic (exact) mass is 216 g/mol. The van der Waals surface area contributed by atoms with Gasteiger partial charge in [-0.05, 0) is 31.4 Å². The van der Waals surface area contributed by atoms with Crippen molar-refractivity contribution in [2.75, 3.05) is 0 Å². The van der Waals surface area contributed by atoms with E-state index in [1.165, 1.54) is 11.2 Å². The summed E-state index contributed by atoms with van der Waals surface area (Å²) in [5.41, 5.74) is 3.70. The Bertz CT molecular complexity index is 599. The van der Waals surface area contributed by atoms with Crippen LogP contribution in [0.1, 0.15) is 17.7 Å². The molecule has 2 heterocycles. The zero-order valence-electron chi connectivity index (χ0n) is 9.06. The van der Waals surface area contributed by atoms with E-state index in [2.05, 4.69) is 11.5 Å². The Hall–Kier alpha value is -1.84.